The number of Topliss-reactive ketones (excluding diaryl/α,β-unsaturated/α-hetero) is 1. The van der Waals surface area contributed by atoms with Crippen LogP contribution < -0.4 is 9.47 Å². The van der Waals surface area contributed by atoms with Crippen LogP contribution in [0.5, 0.6) is 17.2 Å². The lowest BCUT2D eigenvalue weighted by Crippen LogP contribution is -2.33. The van der Waals surface area contributed by atoms with E-state index in [1.165, 1.54) is 6.42 Å². The fourth-order valence-corrected chi connectivity index (χ4v) is 4.81. The highest BCUT2D eigenvalue weighted by Crippen LogP contribution is 2.41. The van der Waals surface area contributed by atoms with Crippen molar-refractivity contribution in [2.75, 3.05) is 19.9 Å². The molecule has 162 valence electrons. The molecule has 6 nitrogen and oxygen atoms in total. The Morgan fingerprint density at radius 1 is 1.29 bits per heavy atom. The van der Waals surface area contributed by atoms with Gasteiger partial charge in [0.05, 0.1) is 17.7 Å². The maximum atomic E-state index is 13.1. The van der Waals surface area contributed by atoms with Gasteiger partial charge in [0.1, 0.15) is 17.2 Å². The Morgan fingerprint density at radius 3 is 3.00 bits per heavy atom. The van der Waals surface area contributed by atoms with Crippen LogP contribution in [0.2, 0.25) is 5.02 Å². The summed E-state index contributed by atoms with van der Waals surface area (Å²) in [5, 5.41) is 11.1. The first kappa shape index (κ1) is 20.4. The molecule has 2 aromatic rings. The van der Waals surface area contributed by atoms with E-state index in [-0.39, 0.29) is 24.1 Å². The van der Waals surface area contributed by atoms with Gasteiger partial charge in [0, 0.05) is 29.2 Å². The first-order valence-corrected chi connectivity index (χ1v) is 10.9. The zero-order valence-electron chi connectivity index (χ0n) is 17.3. The second kappa shape index (κ2) is 8.19. The summed E-state index contributed by atoms with van der Waals surface area (Å²) in [4.78, 5) is 15.4. The molecule has 0 amide bonds. The lowest BCUT2D eigenvalue weighted by molar-refractivity contribution is -0.0165. The van der Waals surface area contributed by atoms with E-state index in [2.05, 4.69) is 11.8 Å². The van der Waals surface area contributed by atoms with Crippen molar-refractivity contribution in [3.63, 3.8) is 0 Å². The highest BCUT2D eigenvalue weighted by molar-refractivity contribution is 6.31. The van der Waals surface area contributed by atoms with Crippen molar-refractivity contribution >= 4 is 23.5 Å². The summed E-state index contributed by atoms with van der Waals surface area (Å²) in [6, 6.07) is 6.73. The molecule has 3 heterocycles. The first-order chi connectivity index (χ1) is 15.0. The minimum atomic E-state index is -0.218. The third-order valence-electron chi connectivity index (χ3n) is 6.03. The molecule has 0 spiro atoms. The summed E-state index contributed by atoms with van der Waals surface area (Å²) in [5.41, 5.74) is 2.61. The van der Waals surface area contributed by atoms with Crippen LogP contribution in [0, 0.1) is 5.92 Å². The van der Waals surface area contributed by atoms with Gasteiger partial charge in [-0.25, -0.2) is 0 Å². The maximum absolute atomic E-state index is 13.1. The van der Waals surface area contributed by atoms with Crippen LogP contribution in [0.1, 0.15) is 46.8 Å². The van der Waals surface area contributed by atoms with Gasteiger partial charge in [0.25, 0.3) is 0 Å². The number of ketones is 1. The fourth-order valence-electron chi connectivity index (χ4n) is 4.56. The minimum Gasteiger partial charge on any atom is -0.507 e. The third-order valence-corrected chi connectivity index (χ3v) is 6.25. The average molecular weight is 442 g/mol. The summed E-state index contributed by atoms with van der Waals surface area (Å²) < 4.78 is 17.0. The van der Waals surface area contributed by atoms with Gasteiger partial charge in [-0.2, -0.15) is 0 Å². The number of benzene rings is 2. The number of fused-ring (bicyclic) bond motifs is 2. The number of hydrogen-bond donors (Lipinski definition) is 1. The highest BCUT2D eigenvalue weighted by atomic mass is 35.5. The van der Waals surface area contributed by atoms with E-state index in [1.807, 2.05) is 0 Å². The zero-order chi connectivity index (χ0) is 21.5. The molecule has 31 heavy (non-hydrogen) atoms. The number of carbonyl (C=O) groups is 1. The zero-order valence-corrected chi connectivity index (χ0v) is 18.1. The van der Waals surface area contributed by atoms with Crippen molar-refractivity contribution in [1.29, 1.82) is 0 Å². The Kier molecular flexibility index (Phi) is 5.38. The monoisotopic (exact) mass is 441 g/mol. The van der Waals surface area contributed by atoms with Crippen LogP contribution in [-0.4, -0.2) is 35.7 Å². The quantitative estimate of drug-likeness (QED) is 0.692. The van der Waals surface area contributed by atoms with Crippen molar-refractivity contribution < 1.29 is 24.1 Å². The predicted molar refractivity (Wildman–Crippen MR) is 116 cm³/mol. The molecule has 1 N–H and O–H groups in total. The molecule has 0 aliphatic carbocycles. The summed E-state index contributed by atoms with van der Waals surface area (Å²) in [5.74, 6) is 1.81. The van der Waals surface area contributed by atoms with E-state index in [0.29, 0.717) is 52.3 Å². The molecule has 0 radical (unpaired) electrons. The van der Waals surface area contributed by atoms with E-state index >= 15 is 0 Å². The van der Waals surface area contributed by atoms with Crippen LogP contribution in [0.25, 0.3) is 6.08 Å². The topological polar surface area (TPSA) is 68.2 Å². The van der Waals surface area contributed by atoms with Crippen molar-refractivity contribution in [3.8, 4) is 17.2 Å². The number of phenols is 1. The van der Waals surface area contributed by atoms with Gasteiger partial charge < -0.3 is 19.3 Å². The van der Waals surface area contributed by atoms with E-state index in [0.717, 1.165) is 25.1 Å². The molecular weight excluding hydrogens is 418 g/mol. The number of nitrogens with zero attached hydrogens (tertiary/aromatic N) is 1. The number of carbonyl (C=O) groups excluding carboxylic acids is 1. The van der Waals surface area contributed by atoms with Crippen molar-refractivity contribution in [1.82, 2.24) is 4.90 Å². The number of hydrogen-bond acceptors (Lipinski definition) is 6. The van der Waals surface area contributed by atoms with Crippen LogP contribution in [0.4, 0.5) is 0 Å². The molecule has 0 saturated carbocycles. The molecule has 2 aromatic carbocycles. The summed E-state index contributed by atoms with van der Waals surface area (Å²) in [6.07, 6.45) is 4.00. The second-order valence-electron chi connectivity index (χ2n) is 8.46. The molecule has 3 aliphatic rings. The van der Waals surface area contributed by atoms with E-state index in [4.69, 9.17) is 25.8 Å². The van der Waals surface area contributed by atoms with Crippen LogP contribution in [-0.2, 0) is 17.9 Å². The Hall–Kier alpha value is -2.54. The Bertz CT molecular complexity index is 1080. The maximum Gasteiger partial charge on any atom is 0.231 e. The molecular formula is C24H24ClNO5. The highest BCUT2D eigenvalue weighted by Gasteiger charge is 2.32. The van der Waals surface area contributed by atoms with Gasteiger partial charge in [0.15, 0.2) is 12.6 Å². The van der Waals surface area contributed by atoms with E-state index in [1.54, 1.807) is 30.3 Å². The molecule has 0 unspecified atom stereocenters. The largest absolute Gasteiger partial charge is 0.507 e. The molecule has 5 rings (SSSR count). The Labute approximate surface area is 186 Å². The van der Waals surface area contributed by atoms with E-state index < -0.39 is 0 Å². The molecule has 0 aromatic heterocycles. The molecule has 1 atom stereocenters. The Balaban J connectivity index is 1.49. The fraction of sp³-hybridized carbons (Fsp3) is 0.375. The number of aromatic hydroxyl groups is 1. The second-order valence-corrected chi connectivity index (χ2v) is 8.89. The number of rotatable bonds is 3. The van der Waals surface area contributed by atoms with Gasteiger partial charge in [-0.05, 0) is 55.6 Å². The van der Waals surface area contributed by atoms with Gasteiger partial charge in [0.2, 0.25) is 5.78 Å². The summed E-state index contributed by atoms with van der Waals surface area (Å²) in [7, 11) is 0. The third kappa shape index (κ3) is 3.91. The van der Waals surface area contributed by atoms with Gasteiger partial charge in [-0.15, -0.1) is 0 Å². The first-order valence-electron chi connectivity index (χ1n) is 10.5. The van der Waals surface area contributed by atoms with Crippen molar-refractivity contribution in [2.45, 2.75) is 32.9 Å². The number of allylic oxidation sites excluding steroid dienone is 1. The van der Waals surface area contributed by atoms with Crippen LogP contribution in [0.15, 0.2) is 30.0 Å². The lowest BCUT2D eigenvalue weighted by Gasteiger charge is -2.31. The molecule has 3 aliphatic heterocycles. The van der Waals surface area contributed by atoms with Gasteiger partial charge in [-0.3, -0.25) is 9.69 Å². The van der Waals surface area contributed by atoms with Crippen LogP contribution >= 0.6 is 11.6 Å². The van der Waals surface area contributed by atoms with Gasteiger partial charge in [-0.1, -0.05) is 18.5 Å². The number of ether oxygens (including phenoxy) is 3. The standard InChI is InChI=1S/C24H24ClNO5/c1-14-3-2-6-26(10-14)11-19-20(27)5-4-18-22(28)21(31-24(18)19)9-15-7-17(25)8-16-12-29-13-30-23(15)16/h4-5,7-9,14,27H,2-3,6,10-13H2,1H3/b21-9-/t14-/m1/s1. The smallest absolute Gasteiger partial charge is 0.231 e. The number of phenolic OH excluding ortho intramolecular Hbond substituents is 1. The average Bonchev–Trinajstić information content (AvgIpc) is 3.06. The number of piperidine rings is 1. The molecule has 0 bridgehead atoms. The normalized spacial score (nSPS) is 22.1. The van der Waals surface area contributed by atoms with Crippen molar-refractivity contribution in [3.05, 3.63) is 57.3 Å². The molecule has 1 fully saturated rings. The van der Waals surface area contributed by atoms with Gasteiger partial charge >= 0.3 is 0 Å². The molecule has 7 heteroatoms. The molecule has 1 saturated heterocycles. The van der Waals surface area contributed by atoms with E-state index in [9.17, 15) is 9.90 Å². The number of likely N-dealkylation sites (tertiary alicyclic amines) is 1. The predicted octanol–water partition coefficient (Wildman–Crippen LogP) is 4.76. The van der Waals surface area contributed by atoms with Crippen molar-refractivity contribution in [2.24, 2.45) is 5.92 Å². The minimum absolute atomic E-state index is 0.145. The lowest BCUT2D eigenvalue weighted by atomic mass is 9.99. The summed E-state index contributed by atoms with van der Waals surface area (Å²) in [6.45, 7) is 5.26. The van der Waals surface area contributed by atoms with Crippen LogP contribution in [0.3, 0.4) is 0 Å². The SMILES string of the molecule is C[C@@H]1CCCN(Cc2c(O)ccc3c2O/C(=C\c2cc(Cl)cc4c2OCOC4)C3=O)C1. The number of halogens is 1. The Morgan fingerprint density at radius 2 is 2.16 bits per heavy atom. The summed E-state index contributed by atoms with van der Waals surface area (Å²) >= 11 is 6.25.